The summed E-state index contributed by atoms with van der Waals surface area (Å²) in [4.78, 5) is 17.2. The Morgan fingerprint density at radius 2 is 2.16 bits per heavy atom. The van der Waals surface area contributed by atoms with Crippen LogP contribution in [-0.2, 0) is 16.9 Å². The van der Waals surface area contributed by atoms with E-state index >= 15 is 0 Å². The number of para-hydroxylation sites is 2. The molecule has 0 saturated heterocycles. The number of benzene rings is 1. The second-order valence-electron chi connectivity index (χ2n) is 6.85. The van der Waals surface area contributed by atoms with Gasteiger partial charge in [-0.3, -0.25) is 4.79 Å². The van der Waals surface area contributed by atoms with Crippen molar-refractivity contribution in [3.63, 3.8) is 0 Å². The SMILES string of the molecule is CC(O)(CNC(=O)Cn1c(C2CC2)nc2ccccc21)c1ccco1. The van der Waals surface area contributed by atoms with Crippen LogP contribution in [0.25, 0.3) is 11.0 Å². The Balaban J connectivity index is 1.49. The standard InChI is InChI=1S/C19H21N3O3/c1-19(24,16-7-4-10-25-16)12-20-17(23)11-22-15-6-3-2-5-14(15)21-18(22)13-8-9-13/h2-7,10,13,24H,8-9,11-12H2,1H3,(H,20,23). The van der Waals surface area contributed by atoms with Gasteiger partial charge in [-0.25, -0.2) is 4.98 Å². The molecule has 1 fully saturated rings. The van der Waals surface area contributed by atoms with Crippen molar-refractivity contribution in [1.82, 2.24) is 14.9 Å². The third-order valence-electron chi connectivity index (χ3n) is 4.61. The molecule has 1 aromatic carbocycles. The Morgan fingerprint density at radius 1 is 1.36 bits per heavy atom. The Bertz CT molecular complexity index is 892. The molecule has 6 heteroatoms. The second kappa shape index (κ2) is 6.04. The number of hydrogen-bond acceptors (Lipinski definition) is 4. The molecule has 0 radical (unpaired) electrons. The van der Waals surface area contributed by atoms with E-state index in [2.05, 4.69) is 5.32 Å². The highest BCUT2D eigenvalue weighted by Gasteiger charge is 2.31. The van der Waals surface area contributed by atoms with Crippen LogP contribution in [0.3, 0.4) is 0 Å². The molecular weight excluding hydrogens is 318 g/mol. The number of fused-ring (bicyclic) bond motifs is 1. The molecular formula is C19H21N3O3. The topological polar surface area (TPSA) is 80.3 Å². The lowest BCUT2D eigenvalue weighted by molar-refractivity contribution is -0.123. The van der Waals surface area contributed by atoms with Gasteiger partial charge in [0, 0.05) is 5.92 Å². The quantitative estimate of drug-likeness (QED) is 0.723. The third kappa shape index (κ3) is 3.17. The van der Waals surface area contributed by atoms with E-state index in [0.29, 0.717) is 11.7 Å². The zero-order valence-electron chi connectivity index (χ0n) is 14.1. The van der Waals surface area contributed by atoms with Crippen molar-refractivity contribution < 1.29 is 14.3 Å². The van der Waals surface area contributed by atoms with E-state index < -0.39 is 5.60 Å². The molecule has 4 rings (SSSR count). The number of imidazole rings is 1. The van der Waals surface area contributed by atoms with Crippen molar-refractivity contribution in [3.05, 3.63) is 54.2 Å². The summed E-state index contributed by atoms with van der Waals surface area (Å²) in [6.45, 7) is 1.90. The van der Waals surface area contributed by atoms with Crippen LogP contribution in [-0.4, -0.2) is 27.1 Å². The summed E-state index contributed by atoms with van der Waals surface area (Å²) in [6, 6.07) is 11.3. The molecule has 1 saturated carbocycles. The molecule has 130 valence electrons. The zero-order valence-corrected chi connectivity index (χ0v) is 14.1. The first-order chi connectivity index (χ1) is 12.0. The molecule has 1 aliphatic rings. The van der Waals surface area contributed by atoms with E-state index in [1.807, 2.05) is 28.8 Å². The average molecular weight is 339 g/mol. The summed E-state index contributed by atoms with van der Waals surface area (Å²) in [6.07, 6.45) is 3.75. The van der Waals surface area contributed by atoms with Crippen LogP contribution in [0.2, 0.25) is 0 Å². The summed E-state index contributed by atoms with van der Waals surface area (Å²) < 4.78 is 7.23. The monoisotopic (exact) mass is 339 g/mol. The summed E-state index contributed by atoms with van der Waals surface area (Å²) in [5.74, 6) is 1.71. The van der Waals surface area contributed by atoms with Crippen LogP contribution >= 0.6 is 0 Å². The van der Waals surface area contributed by atoms with Crippen LogP contribution in [0.1, 0.15) is 37.3 Å². The minimum absolute atomic E-state index is 0.0880. The van der Waals surface area contributed by atoms with E-state index in [1.165, 1.54) is 6.26 Å². The first-order valence-corrected chi connectivity index (χ1v) is 8.53. The van der Waals surface area contributed by atoms with E-state index in [0.717, 1.165) is 29.7 Å². The molecule has 2 aromatic heterocycles. The van der Waals surface area contributed by atoms with Crippen molar-refractivity contribution in [3.8, 4) is 0 Å². The van der Waals surface area contributed by atoms with Crippen LogP contribution in [0.4, 0.5) is 0 Å². The van der Waals surface area contributed by atoms with Gasteiger partial charge in [0.15, 0.2) is 0 Å². The van der Waals surface area contributed by atoms with Crippen molar-refractivity contribution in [2.75, 3.05) is 6.54 Å². The molecule has 0 bridgehead atoms. The van der Waals surface area contributed by atoms with Gasteiger partial charge >= 0.3 is 0 Å². The van der Waals surface area contributed by atoms with Crippen LogP contribution in [0.5, 0.6) is 0 Å². The molecule has 1 amide bonds. The Labute approximate surface area is 145 Å². The number of carbonyl (C=O) groups is 1. The maximum absolute atomic E-state index is 12.5. The molecule has 2 heterocycles. The van der Waals surface area contributed by atoms with Crippen molar-refractivity contribution in [1.29, 1.82) is 0 Å². The van der Waals surface area contributed by atoms with Crippen LogP contribution in [0.15, 0.2) is 47.1 Å². The van der Waals surface area contributed by atoms with Crippen LogP contribution < -0.4 is 5.32 Å². The number of amides is 1. The first kappa shape index (κ1) is 15.9. The fourth-order valence-corrected chi connectivity index (χ4v) is 3.06. The zero-order chi connectivity index (χ0) is 17.4. The largest absolute Gasteiger partial charge is 0.466 e. The second-order valence-corrected chi connectivity index (χ2v) is 6.85. The van der Waals surface area contributed by atoms with Gasteiger partial charge in [-0.15, -0.1) is 0 Å². The molecule has 0 aliphatic heterocycles. The number of hydrogen-bond donors (Lipinski definition) is 2. The number of nitrogens with zero attached hydrogens (tertiary/aromatic N) is 2. The molecule has 1 unspecified atom stereocenters. The van der Waals surface area contributed by atoms with Gasteiger partial charge in [-0.1, -0.05) is 12.1 Å². The van der Waals surface area contributed by atoms with Crippen LogP contribution in [0, 0.1) is 0 Å². The molecule has 0 spiro atoms. The third-order valence-corrected chi connectivity index (χ3v) is 4.61. The molecule has 1 atom stereocenters. The number of rotatable bonds is 6. The minimum Gasteiger partial charge on any atom is -0.466 e. The van der Waals surface area contributed by atoms with Gasteiger partial charge < -0.3 is 19.4 Å². The van der Waals surface area contributed by atoms with Gasteiger partial charge in [0.25, 0.3) is 0 Å². The van der Waals surface area contributed by atoms with Gasteiger partial charge in [0.1, 0.15) is 23.7 Å². The van der Waals surface area contributed by atoms with Gasteiger partial charge in [0.05, 0.1) is 23.8 Å². The highest BCUT2D eigenvalue weighted by Crippen LogP contribution is 2.40. The number of aromatic nitrogens is 2. The summed E-state index contributed by atoms with van der Waals surface area (Å²) >= 11 is 0. The Morgan fingerprint density at radius 3 is 2.88 bits per heavy atom. The lowest BCUT2D eigenvalue weighted by Gasteiger charge is -2.21. The lowest BCUT2D eigenvalue weighted by atomic mass is 10.0. The normalized spacial score (nSPS) is 16.7. The average Bonchev–Trinajstić information content (AvgIpc) is 3.15. The van der Waals surface area contributed by atoms with E-state index in [4.69, 9.17) is 9.40 Å². The van der Waals surface area contributed by atoms with Crippen molar-refractivity contribution >= 4 is 16.9 Å². The van der Waals surface area contributed by atoms with E-state index in [-0.39, 0.29) is 19.0 Å². The Hall–Kier alpha value is -2.60. The number of furan rings is 1. The first-order valence-electron chi connectivity index (χ1n) is 8.53. The molecule has 6 nitrogen and oxygen atoms in total. The Kier molecular flexibility index (Phi) is 3.84. The summed E-state index contributed by atoms with van der Waals surface area (Å²) in [5.41, 5.74) is 0.646. The van der Waals surface area contributed by atoms with Gasteiger partial charge in [-0.05, 0) is 44.0 Å². The number of carbonyl (C=O) groups excluding carboxylic acids is 1. The van der Waals surface area contributed by atoms with Crippen molar-refractivity contribution in [2.24, 2.45) is 0 Å². The lowest BCUT2D eigenvalue weighted by Crippen LogP contribution is -2.39. The summed E-state index contributed by atoms with van der Waals surface area (Å²) in [5, 5.41) is 13.2. The number of nitrogens with one attached hydrogen (secondary N) is 1. The van der Waals surface area contributed by atoms with E-state index in [1.54, 1.807) is 19.1 Å². The predicted octanol–water partition coefficient (Wildman–Crippen LogP) is 2.53. The highest BCUT2D eigenvalue weighted by atomic mass is 16.4. The minimum atomic E-state index is -1.24. The van der Waals surface area contributed by atoms with E-state index in [9.17, 15) is 9.90 Å². The van der Waals surface area contributed by atoms with Gasteiger partial charge in [0.2, 0.25) is 5.91 Å². The molecule has 2 N–H and O–H groups in total. The van der Waals surface area contributed by atoms with Crippen molar-refractivity contribution in [2.45, 2.75) is 37.8 Å². The number of aliphatic hydroxyl groups is 1. The smallest absolute Gasteiger partial charge is 0.240 e. The van der Waals surface area contributed by atoms with Gasteiger partial charge in [-0.2, -0.15) is 0 Å². The highest BCUT2D eigenvalue weighted by molar-refractivity contribution is 5.81. The fraction of sp³-hybridized carbons (Fsp3) is 0.368. The maximum atomic E-state index is 12.5. The molecule has 1 aliphatic carbocycles. The molecule has 3 aromatic rings. The predicted molar refractivity (Wildman–Crippen MR) is 93.0 cm³/mol. The fourth-order valence-electron chi connectivity index (χ4n) is 3.06. The summed E-state index contributed by atoms with van der Waals surface area (Å²) in [7, 11) is 0. The molecule has 25 heavy (non-hydrogen) atoms. The maximum Gasteiger partial charge on any atom is 0.240 e.